The standard InChI is InChI=1S/C30H36O2.C6H11N/c1-3-4-5-6-7-20-8-10-21(11-9-20)26-19-30(2)27(16-17-28(30)32)25-14-12-22-18-23(31)13-15-24(22)29(25)26;1-4-5-7-6(2)3/h8-11,18,25-28,32H,3-5,12-17,19H2,1-2H3;4,7H,1-2,5H2,3H3. The van der Waals surface area contributed by atoms with Gasteiger partial charge in [-0.15, -0.1) is 6.58 Å². The summed E-state index contributed by atoms with van der Waals surface area (Å²) >= 11 is 0. The molecule has 0 aliphatic heterocycles. The third kappa shape index (κ3) is 6.50. The number of allylic oxidation sites excluding steroid dienone is 5. The van der Waals surface area contributed by atoms with Crippen LogP contribution in [0.3, 0.4) is 0 Å². The zero-order chi connectivity index (χ0) is 28.0. The van der Waals surface area contributed by atoms with Crippen molar-refractivity contribution in [3.63, 3.8) is 0 Å². The first kappa shape index (κ1) is 29.2. The van der Waals surface area contributed by atoms with Gasteiger partial charge in [0.2, 0.25) is 0 Å². The van der Waals surface area contributed by atoms with E-state index >= 15 is 0 Å². The SMILES string of the molecule is C=CCNC(=C)C.CCCCC#Cc1ccc(C2CC3(C)C(O)CCC3C3CCC4=CC(=O)CCC4=C23)cc1. The van der Waals surface area contributed by atoms with Crippen LogP contribution in [0.4, 0.5) is 0 Å². The molecule has 3 nitrogen and oxygen atoms in total. The lowest BCUT2D eigenvalue weighted by Crippen LogP contribution is -2.45. The fraction of sp³-hybridized carbons (Fsp3) is 0.528. The Hall–Kier alpha value is -2.83. The van der Waals surface area contributed by atoms with Gasteiger partial charge in [-0.05, 0) is 104 Å². The molecule has 2 fully saturated rings. The predicted molar refractivity (Wildman–Crippen MR) is 162 cm³/mol. The topological polar surface area (TPSA) is 49.3 Å². The van der Waals surface area contributed by atoms with Gasteiger partial charge in [-0.2, -0.15) is 0 Å². The van der Waals surface area contributed by atoms with E-state index < -0.39 is 0 Å². The second-order valence-electron chi connectivity index (χ2n) is 12.2. The van der Waals surface area contributed by atoms with Gasteiger partial charge in [-0.3, -0.25) is 4.79 Å². The molecule has 1 aromatic rings. The number of rotatable bonds is 6. The lowest BCUT2D eigenvalue weighted by molar-refractivity contribution is -0.114. The fourth-order valence-corrected chi connectivity index (χ4v) is 7.41. The summed E-state index contributed by atoms with van der Waals surface area (Å²) in [6.45, 7) is 14.4. The van der Waals surface area contributed by atoms with Crippen molar-refractivity contribution < 1.29 is 9.90 Å². The second-order valence-corrected chi connectivity index (χ2v) is 12.2. The first-order valence-corrected chi connectivity index (χ1v) is 15.0. The molecule has 0 saturated heterocycles. The number of hydrogen-bond donors (Lipinski definition) is 2. The lowest BCUT2D eigenvalue weighted by Gasteiger charge is -2.52. The number of nitrogens with one attached hydrogen (secondary N) is 1. The quantitative estimate of drug-likeness (QED) is 0.226. The zero-order valence-corrected chi connectivity index (χ0v) is 24.3. The highest BCUT2D eigenvalue weighted by Gasteiger charge is 2.56. The monoisotopic (exact) mass is 525 g/mol. The molecular formula is C36H47NO2. The van der Waals surface area contributed by atoms with Crippen molar-refractivity contribution in [2.24, 2.45) is 17.3 Å². The van der Waals surface area contributed by atoms with Crippen LogP contribution in [0.2, 0.25) is 0 Å². The predicted octanol–water partition coefficient (Wildman–Crippen LogP) is 7.78. The minimum absolute atomic E-state index is 0.0102. The van der Waals surface area contributed by atoms with E-state index in [1.165, 1.54) is 23.1 Å². The van der Waals surface area contributed by atoms with Gasteiger partial charge in [-0.1, -0.05) is 62.5 Å². The summed E-state index contributed by atoms with van der Waals surface area (Å²) in [6.07, 6.45) is 13.6. The molecule has 39 heavy (non-hydrogen) atoms. The average molecular weight is 526 g/mol. The second kappa shape index (κ2) is 13.0. The minimum Gasteiger partial charge on any atom is -0.393 e. The minimum atomic E-state index is -0.199. The number of fused-ring (bicyclic) bond motifs is 4. The van der Waals surface area contributed by atoms with Crippen LogP contribution in [0, 0.1) is 29.1 Å². The molecule has 5 unspecified atom stereocenters. The molecule has 3 heteroatoms. The summed E-state index contributed by atoms with van der Waals surface area (Å²) in [5.41, 5.74) is 7.81. The maximum Gasteiger partial charge on any atom is 0.156 e. The Labute approximate surface area is 236 Å². The van der Waals surface area contributed by atoms with Crippen molar-refractivity contribution in [2.45, 2.75) is 97.0 Å². The summed E-state index contributed by atoms with van der Waals surface area (Å²) in [6, 6.07) is 8.90. The fourth-order valence-electron chi connectivity index (χ4n) is 7.41. The van der Waals surface area contributed by atoms with Crippen LogP contribution in [0.5, 0.6) is 0 Å². The number of benzene rings is 1. The van der Waals surface area contributed by atoms with E-state index in [0.717, 1.165) is 69.2 Å². The highest BCUT2D eigenvalue weighted by molar-refractivity contribution is 5.93. The molecule has 0 radical (unpaired) electrons. The molecule has 1 aromatic carbocycles. The van der Waals surface area contributed by atoms with E-state index in [1.54, 1.807) is 11.6 Å². The van der Waals surface area contributed by atoms with Gasteiger partial charge in [0.15, 0.2) is 5.78 Å². The number of unbranched alkanes of at least 4 members (excludes halogenated alkanes) is 2. The molecule has 0 amide bonds. The molecule has 0 bridgehead atoms. The molecule has 0 aromatic heterocycles. The Kier molecular flexibility index (Phi) is 9.73. The zero-order valence-electron chi connectivity index (χ0n) is 24.3. The normalized spacial score (nSPS) is 28.9. The van der Waals surface area contributed by atoms with Crippen molar-refractivity contribution in [2.75, 3.05) is 6.54 Å². The Morgan fingerprint density at radius 3 is 2.62 bits per heavy atom. The summed E-state index contributed by atoms with van der Waals surface area (Å²) < 4.78 is 0. The van der Waals surface area contributed by atoms with Crippen molar-refractivity contribution in [1.29, 1.82) is 0 Å². The van der Waals surface area contributed by atoms with Gasteiger partial charge >= 0.3 is 0 Å². The van der Waals surface area contributed by atoms with Crippen LogP contribution in [-0.4, -0.2) is 23.5 Å². The molecule has 2 N–H and O–H groups in total. The van der Waals surface area contributed by atoms with Crippen molar-refractivity contribution in [3.8, 4) is 11.8 Å². The Bertz CT molecular complexity index is 1190. The van der Waals surface area contributed by atoms with Gasteiger partial charge < -0.3 is 10.4 Å². The number of aliphatic hydroxyl groups is 1. The largest absolute Gasteiger partial charge is 0.393 e. The highest BCUT2D eigenvalue weighted by Crippen LogP contribution is 2.63. The van der Waals surface area contributed by atoms with E-state index in [2.05, 4.69) is 68.4 Å². The van der Waals surface area contributed by atoms with E-state index in [4.69, 9.17) is 0 Å². The molecule has 5 rings (SSSR count). The molecule has 0 spiro atoms. The Balaban J connectivity index is 0.000000448. The van der Waals surface area contributed by atoms with E-state index in [0.29, 0.717) is 30.0 Å². The first-order valence-electron chi connectivity index (χ1n) is 15.0. The molecular weight excluding hydrogens is 478 g/mol. The summed E-state index contributed by atoms with van der Waals surface area (Å²) in [4.78, 5) is 12.1. The maximum atomic E-state index is 12.1. The summed E-state index contributed by atoms with van der Waals surface area (Å²) in [7, 11) is 0. The number of carbonyl (C=O) groups excluding carboxylic acids is 1. The molecule has 2 saturated carbocycles. The average Bonchev–Trinajstić information content (AvgIpc) is 3.23. The van der Waals surface area contributed by atoms with Crippen LogP contribution < -0.4 is 5.32 Å². The molecule has 5 atom stereocenters. The molecule has 4 aliphatic rings. The van der Waals surface area contributed by atoms with Crippen LogP contribution in [0.1, 0.15) is 102 Å². The van der Waals surface area contributed by atoms with Gasteiger partial charge in [0, 0.05) is 36.6 Å². The van der Waals surface area contributed by atoms with E-state index in [1.807, 2.05) is 13.0 Å². The Morgan fingerprint density at radius 2 is 1.95 bits per heavy atom. The van der Waals surface area contributed by atoms with Gasteiger partial charge in [0.25, 0.3) is 0 Å². The van der Waals surface area contributed by atoms with E-state index in [9.17, 15) is 9.90 Å². The molecule has 4 aliphatic carbocycles. The van der Waals surface area contributed by atoms with Crippen molar-refractivity contribution >= 4 is 5.78 Å². The molecule has 208 valence electrons. The number of carbonyl (C=O) groups is 1. The van der Waals surface area contributed by atoms with Gasteiger partial charge in [0.05, 0.1) is 6.10 Å². The van der Waals surface area contributed by atoms with Crippen LogP contribution in [-0.2, 0) is 4.79 Å². The highest BCUT2D eigenvalue weighted by atomic mass is 16.3. The number of aliphatic hydroxyl groups excluding tert-OH is 1. The third-order valence-electron chi connectivity index (χ3n) is 9.43. The van der Waals surface area contributed by atoms with Gasteiger partial charge in [0.1, 0.15) is 0 Å². The third-order valence-corrected chi connectivity index (χ3v) is 9.43. The summed E-state index contributed by atoms with van der Waals surface area (Å²) in [5, 5.41) is 14.0. The van der Waals surface area contributed by atoms with Crippen LogP contribution in [0.25, 0.3) is 0 Å². The van der Waals surface area contributed by atoms with Crippen LogP contribution >= 0.6 is 0 Å². The first-order chi connectivity index (χ1) is 18.8. The van der Waals surface area contributed by atoms with Crippen molar-refractivity contribution in [3.05, 3.63) is 83.1 Å². The smallest absolute Gasteiger partial charge is 0.156 e. The number of ketones is 1. The Morgan fingerprint density at radius 1 is 1.18 bits per heavy atom. The lowest BCUT2D eigenvalue weighted by atomic mass is 9.53. The molecule has 0 heterocycles. The van der Waals surface area contributed by atoms with E-state index in [-0.39, 0.29) is 11.5 Å². The maximum absolute atomic E-state index is 12.1. The van der Waals surface area contributed by atoms with Crippen LogP contribution in [0.15, 0.2) is 72.0 Å². The van der Waals surface area contributed by atoms with Crippen molar-refractivity contribution in [1.82, 2.24) is 5.32 Å². The number of hydrogen-bond acceptors (Lipinski definition) is 3. The van der Waals surface area contributed by atoms with Gasteiger partial charge in [-0.25, -0.2) is 0 Å². The summed E-state index contributed by atoms with van der Waals surface area (Å²) in [5.74, 6) is 8.36.